The summed E-state index contributed by atoms with van der Waals surface area (Å²) < 4.78 is 0. The van der Waals surface area contributed by atoms with Gasteiger partial charge in [0.2, 0.25) is 0 Å². The molecule has 19 heavy (non-hydrogen) atoms. The number of nitrogens with one attached hydrogen (secondary N) is 2. The quantitative estimate of drug-likeness (QED) is 0.649. The molecule has 0 rings (SSSR count). The van der Waals surface area contributed by atoms with Crippen LogP contribution in [-0.2, 0) is 4.79 Å². The fourth-order valence-electron chi connectivity index (χ4n) is 1.75. The summed E-state index contributed by atoms with van der Waals surface area (Å²) in [5.41, 5.74) is -1.27. The first-order chi connectivity index (χ1) is 8.54. The summed E-state index contributed by atoms with van der Waals surface area (Å²) in [6.07, 6.45) is 0.846. The molecule has 0 aromatic rings. The van der Waals surface area contributed by atoms with Crippen LogP contribution in [0.1, 0.15) is 34.1 Å². The van der Waals surface area contributed by atoms with Crippen LogP contribution in [0.5, 0.6) is 0 Å². The number of nitrogens with zero attached hydrogens (tertiary/aromatic N) is 1. The molecule has 6 nitrogen and oxygen atoms in total. The van der Waals surface area contributed by atoms with Crippen molar-refractivity contribution in [2.24, 2.45) is 5.92 Å². The number of carbonyl (C=O) groups excluding carboxylic acids is 1. The van der Waals surface area contributed by atoms with E-state index in [1.807, 2.05) is 19.0 Å². The lowest BCUT2D eigenvalue weighted by atomic mass is 10.0. The third-order valence-electron chi connectivity index (χ3n) is 2.64. The van der Waals surface area contributed by atoms with E-state index in [1.54, 1.807) is 0 Å². The molecule has 3 N–H and O–H groups in total. The summed E-state index contributed by atoms with van der Waals surface area (Å²) in [5, 5.41) is 14.3. The molecule has 1 unspecified atom stereocenters. The highest BCUT2D eigenvalue weighted by atomic mass is 16.4. The zero-order valence-electron chi connectivity index (χ0n) is 12.8. The Hall–Kier alpha value is -1.30. The van der Waals surface area contributed by atoms with Crippen LogP contribution >= 0.6 is 0 Å². The van der Waals surface area contributed by atoms with Gasteiger partial charge in [-0.25, -0.2) is 9.59 Å². The number of hydrogen-bond acceptors (Lipinski definition) is 3. The maximum absolute atomic E-state index is 11.8. The average molecular weight is 273 g/mol. The molecule has 1 atom stereocenters. The maximum Gasteiger partial charge on any atom is 0.328 e. The Kier molecular flexibility index (Phi) is 6.83. The highest BCUT2D eigenvalue weighted by Gasteiger charge is 2.29. The molecule has 0 saturated heterocycles. The number of carbonyl (C=O) groups is 2. The number of rotatable bonds is 7. The standard InChI is InChI=1S/C13H27N3O3/c1-9(2)7-10(8-16(5)6)14-12(19)15-13(3,4)11(17)18/h9-10H,7-8H2,1-6H3,(H,17,18)(H2,14,15,19). The van der Waals surface area contributed by atoms with Gasteiger partial charge in [-0.1, -0.05) is 13.8 Å². The zero-order valence-corrected chi connectivity index (χ0v) is 12.8. The van der Waals surface area contributed by atoms with Gasteiger partial charge in [-0.15, -0.1) is 0 Å². The molecule has 0 aromatic carbocycles. The summed E-state index contributed by atoms with van der Waals surface area (Å²) >= 11 is 0. The van der Waals surface area contributed by atoms with Gasteiger partial charge in [0.1, 0.15) is 5.54 Å². The average Bonchev–Trinajstić information content (AvgIpc) is 2.12. The minimum Gasteiger partial charge on any atom is -0.480 e. The fraction of sp³-hybridized carbons (Fsp3) is 0.846. The van der Waals surface area contributed by atoms with Gasteiger partial charge in [-0.05, 0) is 40.3 Å². The van der Waals surface area contributed by atoms with Crippen molar-refractivity contribution in [2.75, 3.05) is 20.6 Å². The monoisotopic (exact) mass is 273 g/mol. The topological polar surface area (TPSA) is 81.7 Å². The van der Waals surface area contributed by atoms with Crippen LogP contribution in [-0.4, -0.2) is 54.2 Å². The largest absolute Gasteiger partial charge is 0.480 e. The minimum atomic E-state index is -1.27. The Morgan fingerprint density at radius 1 is 1.26 bits per heavy atom. The molecule has 0 bridgehead atoms. The summed E-state index contributed by atoms with van der Waals surface area (Å²) in [6.45, 7) is 7.81. The molecule has 0 aliphatic rings. The van der Waals surface area contributed by atoms with Crippen LogP contribution in [0.3, 0.4) is 0 Å². The first-order valence-corrected chi connectivity index (χ1v) is 6.51. The van der Waals surface area contributed by atoms with Crippen molar-refractivity contribution in [1.29, 1.82) is 0 Å². The smallest absolute Gasteiger partial charge is 0.328 e. The molecular weight excluding hydrogens is 246 g/mol. The zero-order chi connectivity index (χ0) is 15.2. The van der Waals surface area contributed by atoms with Crippen molar-refractivity contribution >= 4 is 12.0 Å². The van der Waals surface area contributed by atoms with E-state index >= 15 is 0 Å². The molecule has 0 aliphatic heterocycles. The van der Waals surface area contributed by atoms with Gasteiger partial charge < -0.3 is 20.6 Å². The van der Waals surface area contributed by atoms with Gasteiger partial charge in [0.25, 0.3) is 0 Å². The molecular formula is C13H27N3O3. The summed E-state index contributed by atoms with van der Waals surface area (Å²) in [4.78, 5) is 24.8. The molecule has 0 aliphatic carbocycles. The van der Waals surface area contributed by atoms with E-state index in [1.165, 1.54) is 13.8 Å². The lowest BCUT2D eigenvalue weighted by Crippen LogP contribution is -2.56. The van der Waals surface area contributed by atoms with Crippen molar-refractivity contribution in [3.05, 3.63) is 0 Å². The Bertz CT molecular complexity index is 304. The number of carboxylic acids is 1. The summed E-state index contributed by atoms with van der Waals surface area (Å²) in [6, 6.07) is -0.445. The maximum atomic E-state index is 11.8. The second-order valence-corrected chi connectivity index (χ2v) is 6.12. The van der Waals surface area contributed by atoms with E-state index in [4.69, 9.17) is 5.11 Å². The van der Waals surface area contributed by atoms with Crippen molar-refractivity contribution in [3.8, 4) is 0 Å². The Balaban J connectivity index is 4.50. The third-order valence-corrected chi connectivity index (χ3v) is 2.64. The van der Waals surface area contributed by atoms with Crippen LogP contribution in [0.4, 0.5) is 4.79 Å². The van der Waals surface area contributed by atoms with Gasteiger partial charge >= 0.3 is 12.0 Å². The molecule has 6 heteroatoms. The van der Waals surface area contributed by atoms with E-state index in [2.05, 4.69) is 24.5 Å². The van der Waals surface area contributed by atoms with Gasteiger partial charge in [0.05, 0.1) is 0 Å². The third kappa shape index (κ3) is 7.66. The molecule has 0 spiro atoms. The number of aliphatic carboxylic acids is 1. The van der Waals surface area contributed by atoms with E-state index < -0.39 is 17.5 Å². The highest BCUT2D eigenvalue weighted by molar-refractivity contribution is 5.85. The lowest BCUT2D eigenvalue weighted by Gasteiger charge is -2.27. The lowest BCUT2D eigenvalue weighted by molar-refractivity contribution is -0.142. The minimum absolute atomic E-state index is 0.000375. The molecule has 0 aromatic heterocycles. The normalized spacial score (nSPS) is 13.5. The fourth-order valence-corrected chi connectivity index (χ4v) is 1.75. The predicted molar refractivity (Wildman–Crippen MR) is 75.2 cm³/mol. The van der Waals surface area contributed by atoms with E-state index in [9.17, 15) is 9.59 Å². The molecule has 0 radical (unpaired) electrons. The van der Waals surface area contributed by atoms with E-state index in [0.717, 1.165) is 13.0 Å². The van der Waals surface area contributed by atoms with Crippen molar-refractivity contribution < 1.29 is 14.7 Å². The first kappa shape index (κ1) is 17.7. The molecule has 112 valence electrons. The van der Waals surface area contributed by atoms with E-state index in [0.29, 0.717) is 5.92 Å². The predicted octanol–water partition coefficient (Wildman–Crippen LogP) is 1.13. The SMILES string of the molecule is CC(C)CC(CN(C)C)NC(=O)NC(C)(C)C(=O)O. The van der Waals surface area contributed by atoms with Gasteiger partial charge in [-0.3, -0.25) is 0 Å². The van der Waals surface area contributed by atoms with Crippen LogP contribution in [0.2, 0.25) is 0 Å². The van der Waals surface area contributed by atoms with Crippen LogP contribution < -0.4 is 10.6 Å². The Labute approximate surface area is 115 Å². The van der Waals surface area contributed by atoms with Gasteiger partial charge in [-0.2, -0.15) is 0 Å². The number of amides is 2. The Morgan fingerprint density at radius 2 is 1.79 bits per heavy atom. The van der Waals surface area contributed by atoms with Crippen molar-refractivity contribution in [3.63, 3.8) is 0 Å². The highest BCUT2D eigenvalue weighted by Crippen LogP contribution is 2.06. The molecule has 0 heterocycles. The summed E-state index contributed by atoms with van der Waals surface area (Å²) in [7, 11) is 3.88. The molecule has 2 amide bonds. The molecule has 0 fully saturated rings. The van der Waals surface area contributed by atoms with Gasteiger partial charge in [0.15, 0.2) is 0 Å². The number of hydrogen-bond donors (Lipinski definition) is 3. The van der Waals surface area contributed by atoms with Crippen LogP contribution in [0.25, 0.3) is 0 Å². The Morgan fingerprint density at radius 3 is 2.16 bits per heavy atom. The van der Waals surface area contributed by atoms with Crippen molar-refractivity contribution in [1.82, 2.24) is 15.5 Å². The van der Waals surface area contributed by atoms with Crippen LogP contribution in [0, 0.1) is 5.92 Å². The molecule has 0 saturated carbocycles. The van der Waals surface area contributed by atoms with E-state index in [-0.39, 0.29) is 6.04 Å². The first-order valence-electron chi connectivity index (χ1n) is 6.51. The van der Waals surface area contributed by atoms with Crippen LogP contribution in [0.15, 0.2) is 0 Å². The second-order valence-electron chi connectivity index (χ2n) is 6.12. The second kappa shape index (κ2) is 7.33. The number of carboxylic acid groups (broad SMARTS) is 1. The number of urea groups is 1. The van der Waals surface area contributed by atoms with Gasteiger partial charge in [0, 0.05) is 12.6 Å². The summed E-state index contributed by atoms with van der Waals surface area (Å²) in [5.74, 6) is -0.603. The number of likely N-dealkylation sites (N-methyl/N-ethyl adjacent to an activating group) is 1. The van der Waals surface area contributed by atoms with Crippen molar-refractivity contribution in [2.45, 2.75) is 45.7 Å².